The molecule has 2 aliphatic rings. The third-order valence-corrected chi connectivity index (χ3v) is 17.1. The third-order valence-electron chi connectivity index (χ3n) is 9.39. The summed E-state index contributed by atoms with van der Waals surface area (Å²) in [5, 5.41) is 5.00. The van der Waals surface area contributed by atoms with E-state index in [1.807, 2.05) is 22.7 Å². The molecule has 1 aliphatic heterocycles. The van der Waals surface area contributed by atoms with Crippen LogP contribution in [0.5, 0.6) is 0 Å². The average molecular weight is 867 g/mol. The molecule has 49 heavy (non-hydrogen) atoms. The Morgan fingerprint density at radius 1 is 0.776 bits per heavy atom. The molecule has 0 N–H and O–H groups in total. The minimum absolute atomic E-state index is 0.0497. The Morgan fingerprint density at radius 3 is 1.88 bits per heavy atom. The molecule has 2 aromatic heterocycles. The van der Waals surface area contributed by atoms with Crippen molar-refractivity contribution in [1.82, 2.24) is 0 Å². The van der Waals surface area contributed by atoms with Crippen LogP contribution < -0.4 is 15.9 Å². The van der Waals surface area contributed by atoms with Crippen LogP contribution in [0.4, 0.5) is 0 Å². The molecule has 0 bridgehead atoms. The van der Waals surface area contributed by atoms with Crippen molar-refractivity contribution in [3.05, 3.63) is 164 Å². The van der Waals surface area contributed by atoms with Crippen LogP contribution in [0.3, 0.4) is 0 Å². The van der Waals surface area contributed by atoms with Crippen molar-refractivity contribution in [2.45, 2.75) is 33.1 Å². The van der Waals surface area contributed by atoms with Gasteiger partial charge < -0.3 is 0 Å². The molecular weight excluding hydrogens is 830 g/mol. The fraction of sp³-hybridized carbons (Fsp3) is 0.159. The molecular formula is C44H37OOsPS2+. The van der Waals surface area contributed by atoms with Crippen molar-refractivity contribution in [2.24, 2.45) is 0 Å². The monoisotopic (exact) mass is 868 g/mol. The second-order valence-electron chi connectivity index (χ2n) is 12.6. The van der Waals surface area contributed by atoms with E-state index in [1.165, 1.54) is 52.8 Å². The molecule has 5 heteroatoms. The van der Waals surface area contributed by atoms with Crippen molar-refractivity contribution < 1.29 is 22.7 Å². The van der Waals surface area contributed by atoms with Crippen LogP contribution >= 0.6 is 29.9 Å². The zero-order valence-electron chi connectivity index (χ0n) is 28.1. The molecule has 243 valence electrons. The molecule has 7 rings (SSSR count). The van der Waals surface area contributed by atoms with Gasteiger partial charge in [-0.05, 0) is 6.92 Å². The van der Waals surface area contributed by atoms with Gasteiger partial charge in [0.05, 0.1) is 0 Å². The van der Waals surface area contributed by atoms with Gasteiger partial charge in [0, 0.05) is 0 Å². The van der Waals surface area contributed by atoms with E-state index in [0.29, 0.717) is 13.2 Å². The van der Waals surface area contributed by atoms with Crippen LogP contribution in [0.25, 0.3) is 15.8 Å². The molecule has 0 unspecified atom stereocenters. The second-order valence-corrected chi connectivity index (χ2v) is 18.7. The van der Waals surface area contributed by atoms with Crippen molar-refractivity contribution in [2.75, 3.05) is 13.2 Å². The summed E-state index contributed by atoms with van der Waals surface area (Å²) in [6, 6.07) is 37.7. The van der Waals surface area contributed by atoms with Crippen LogP contribution in [-0.2, 0) is 28.1 Å². The van der Waals surface area contributed by atoms with Crippen LogP contribution in [0.15, 0.2) is 143 Å². The van der Waals surface area contributed by atoms with E-state index in [-0.39, 0.29) is 5.41 Å². The van der Waals surface area contributed by atoms with Crippen molar-refractivity contribution in [3.63, 3.8) is 0 Å². The van der Waals surface area contributed by atoms with Gasteiger partial charge in [-0.2, -0.15) is 0 Å². The van der Waals surface area contributed by atoms with Gasteiger partial charge in [-0.15, -0.1) is 0 Å². The quantitative estimate of drug-likeness (QED) is 0.122. The summed E-state index contributed by atoms with van der Waals surface area (Å²) in [4.78, 5) is 5.16. The van der Waals surface area contributed by atoms with Gasteiger partial charge in [0.15, 0.2) is 0 Å². The minimum atomic E-state index is -2.43. The van der Waals surface area contributed by atoms with Crippen LogP contribution in [0, 0.1) is 16.2 Å². The first-order chi connectivity index (χ1) is 23.9. The zero-order valence-corrected chi connectivity index (χ0v) is 33.1. The third kappa shape index (κ3) is 6.09. The van der Waals surface area contributed by atoms with Gasteiger partial charge in [0.2, 0.25) is 0 Å². The number of ether oxygens (including phenoxy) is 1. The molecule has 1 fully saturated rings. The normalized spacial score (nSPS) is 17.1. The molecule has 0 spiro atoms. The first-order valence-electron chi connectivity index (χ1n) is 16.5. The van der Waals surface area contributed by atoms with E-state index in [1.54, 1.807) is 17.9 Å². The predicted molar refractivity (Wildman–Crippen MR) is 210 cm³/mol. The van der Waals surface area contributed by atoms with E-state index in [4.69, 9.17) is 4.74 Å². The molecule has 0 saturated carbocycles. The summed E-state index contributed by atoms with van der Waals surface area (Å²) < 4.78 is 9.78. The van der Waals surface area contributed by atoms with Crippen LogP contribution in [-0.4, -0.2) is 13.2 Å². The zero-order chi connectivity index (χ0) is 34.0. The SMILES string of the molecule is CC=C1COCC1=CC(C#Cc1cc2c(s1)-c1sc(/C=C/C)cc1C2(C)C)=C([C]#[Os])[P+](c1ccccc1)(c1ccccc1)c1ccccc1. The summed E-state index contributed by atoms with van der Waals surface area (Å²) >= 11 is 5.52. The molecule has 0 atom stereocenters. The Hall–Kier alpha value is -3.61. The van der Waals surface area contributed by atoms with Crippen molar-refractivity contribution >= 4 is 51.9 Å². The number of rotatable bonds is 6. The molecule has 1 aliphatic carbocycles. The molecule has 5 aromatic rings. The summed E-state index contributed by atoms with van der Waals surface area (Å²) in [6.07, 6.45) is 8.80. The van der Waals surface area contributed by atoms with Gasteiger partial charge >= 0.3 is 298 Å². The fourth-order valence-corrected chi connectivity index (χ4v) is 15.3. The van der Waals surface area contributed by atoms with Crippen LogP contribution in [0.1, 0.15) is 48.6 Å². The molecule has 1 nitrogen and oxygen atoms in total. The Kier molecular flexibility index (Phi) is 9.90. The average Bonchev–Trinajstić information content (AvgIpc) is 3.92. The van der Waals surface area contributed by atoms with Gasteiger partial charge in [-0.1, -0.05) is 6.08 Å². The van der Waals surface area contributed by atoms with E-state index in [9.17, 15) is 0 Å². The summed E-state index contributed by atoms with van der Waals surface area (Å²) in [7, 11) is -2.43. The number of thiophene rings is 2. The molecule has 0 radical (unpaired) electrons. The first kappa shape index (κ1) is 33.9. The number of benzene rings is 3. The summed E-state index contributed by atoms with van der Waals surface area (Å²) in [6.45, 7) is 10.1. The molecule has 0 amide bonds. The molecule has 1 saturated heterocycles. The van der Waals surface area contributed by atoms with E-state index in [0.717, 1.165) is 15.8 Å². The van der Waals surface area contributed by atoms with Gasteiger partial charge in [-0.25, -0.2) is 0 Å². The maximum absolute atomic E-state index is 5.98. The summed E-state index contributed by atoms with van der Waals surface area (Å²) in [5.41, 5.74) is 6.17. The second kappa shape index (κ2) is 14.3. The van der Waals surface area contributed by atoms with Crippen LogP contribution in [0.2, 0.25) is 0 Å². The first-order valence-corrected chi connectivity index (χ1v) is 21.1. The number of fused-ring (bicyclic) bond motifs is 3. The standard InChI is InChI=1S/C44H37OPS2.Os/c1-6-17-38-27-40-42(47-38)43-41(44(40,4)5)28-39(48-43)25-24-33(26-34-30-45-29-32(34)7-2)31(3)46(35-18-11-8-12-19-35,36-20-13-9-14-21-36)37-22-15-10-16-23-37;/h6-23,26-28H,29-30H2,1-2,4-5H3;/q+1;/b17-6+,32-7?,33-31?,34-26?;. The maximum atomic E-state index is 5.98. The topological polar surface area (TPSA) is 9.23 Å². The van der Waals surface area contributed by atoms with E-state index < -0.39 is 7.26 Å². The fourth-order valence-electron chi connectivity index (χ4n) is 6.92. The Balaban J connectivity index is 1.50. The predicted octanol–water partition coefficient (Wildman–Crippen LogP) is 10.2. The number of hydrogen-bond acceptors (Lipinski definition) is 3. The van der Waals surface area contributed by atoms with E-state index in [2.05, 4.69) is 171 Å². The van der Waals surface area contributed by atoms with Gasteiger partial charge in [0.25, 0.3) is 0 Å². The Bertz CT molecular complexity index is 2150. The van der Waals surface area contributed by atoms with Gasteiger partial charge in [-0.3, -0.25) is 0 Å². The van der Waals surface area contributed by atoms with Crippen molar-refractivity contribution in [3.8, 4) is 26.0 Å². The van der Waals surface area contributed by atoms with Crippen molar-refractivity contribution in [1.29, 1.82) is 0 Å². The Labute approximate surface area is 309 Å². The van der Waals surface area contributed by atoms with E-state index >= 15 is 0 Å². The Morgan fingerprint density at radius 2 is 1.33 bits per heavy atom. The number of allylic oxidation sites excluding steroid dienone is 5. The molecule has 3 heterocycles. The summed E-state index contributed by atoms with van der Waals surface area (Å²) in [5.74, 6) is 7.48. The molecule has 3 aromatic carbocycles. The van der Waals surface area contributed by atoms with Gasteiger partial charge in [0.1, 0.15) is 0 Å². The number of hydrogen-bond donors (Lipinski definition) is 0.